The lowest BCUT2D eigenvalue weighted by Gasteiger charge is -2.23. The number of rotatable bonds is 6. The molecule has 5 N–H and O–H groups in total. The number of aromatic nitrogens is 1. The van der Waals surface area contributed by atoms with Crippen molar-refractivity contribution in [2.45, 2.75) is 13.1 Å². The fourth-order valence-corrected chi connectivity index (χ4v) is 5.91. The second-order valence-corrected chi connectivity index (χ2v) is 11.2. The molecule has 0 saturated carbocycles. The number of nitrogens with two attached hydrogens (primary N) is 2. The first-order valence-electron chi connectivity index (χ1n) is 14.3. The van der Waals surface area contributed by atoms with Crippen LogP contribution in [0.5, 0.6) is 0 Å². The fourth-order valence-electron chi connectivity index (χ4n) is 5.91. The van der Waals surface area contributed by atoms with Crippen molar-refractivity contribution >= 4 is 45.9 Å². The van der Waals surface area contributed by atoms with E-state index in [1.807, 2.05) is 36.2 Å². The first-order valence-corrected chi connectivity index (χ1v) is 14.3. The number of nitrogens with zero attached hydrogens (tertiary/aromatic N) is 2. The van der Waals surface area contributed by atoms with Gasteiger partial charge in [-0.2, -0.15) is 0 Å². The molecule has 9 nitrogen and oxygen atoms in total. The van der Waals surface area contributed by atoms with Crippen LogP contribution in [-0.4, -0.2) is 35.2 Å². The smallest absolute Gasteiger partial charge is 0.194 e. The van der Waals surface area contributed by atoms with Crippen LogP contribution in [0.15, 0.2) is 91.0 Å². The molecule has 1 heterocycles. The van der Waals surface area contributed by atoms with Crippen LogP contribution in [0.2, 0.25) is 0 Å². The van der Waals surface area contributed by atoms with Gasteiger partial charge in [0.05, 0.1) is 24.5 Å². The molecule has 2 aliphatic rings. The highest BCUT2D eigenvalue weighted by molar-refractivity contribution is 6.29. The summed E-state index contributed by atoms with van der Waals surface area (Å²) >= 11 is 0. The molecule has 0 radical (unpaired) electrons. The van der Waals surface area contributed by atoms with E-state index in [1.165, 1.54) is 0 Å². The fraction of sp³-hybridized carbons (Fsp3) is 0.0833. The van der Waals surface area contributed by atoms with Crippen molar-refractivity contribution in [2.24, 2.45) is 0 Å². The van der Waals surface area contributed by atoms with Crippen molar-refractivity contribution in [1.29, 1.82) is 0 Å². The van der Waals surface area contributed by atoms with E-state index in [9.17, 15) is 19.2 Å². The molecule has 0 bridgehead atoms. The van der Waals surface area contributed by atoms with Crippen LogP contribution in [0.25, 0.3) is 0 Å². The molecular formula is C36H27N5O4. The Hall–Kier alpha value is -6.09. The molecule has 9 heteroatoms. The van der Waals surface area contributed by atoms with Gasteiger partial charge in [0.15, 0.2) is 23.1 Å². The summed E-state index contributed by atoms with van der Waals surface area (Å²) in [4.78, 5) is 59.2. The summed E-state index contributed by atoms with van der Waals surface area (Å²) < 4.78 is 0. The second kappa shape index (κ2) is 10.6. The first kappa shape index (κ1) is 27.7. The summed E-state index contributed by atoms with van der Waals surface area (Å²) in [6, 6.07) is 25.7. The van der Waals surface area contributed by atoms with Crippen molar-refractivity contribution < 1.29 is 19.2 Å². The molecule has 45 heavy (non-hydrogen) atoms. The van der Waals surface area contributed by atoms with Gasteiger partial charge >= 0.3 is 0 Å². The highest BCUT2D eigenvalue weighted by Gasteiger charge is 2.31. The first-order chi connectivity index (χ1) is 21.7. The number of pyridine rings is 1. The topological polar surface area (TPSA) is 148 Å². The second-order valence-electron chi connectivity index (χ2n) is 11.2. The van der Waals surface area contributed by atoms with E-state index in [0.717, 1.165) is 17.1 Å². The average molecular weight is 594 g/mol. The molecule has 4 aromatic carbocycles. The third-order valence-corrected chi connectivity index (χ3v) is 8.24. The maximum absolute atomic E-state index is 13.2. The predicted octanol–water partition coefficient (Wildman–Crippen LogP) is 5.05. The van der Waals surface area contributed by atoms with Crippen LogP contribution in [0.4, 0.5) is 22.7 Å². The Labute approximate surface area is 258 Å². The monoisotopic (exact) mass is 593 g/mol. The molecule has 0 amide bonds. The minimum absolute atomic E-state index is 0.205. The number of nitrogen functional groups attached to an aromatic ring is 2. The normalized spacial score (nSPS) is 13.1. The number of nitrogens with one attached hydrogen (secondary N) is 1. The van der Waals surface area contributed by atoms with Crippen molar-refractivity contribution in [3.63, 3.8) is 0 Å². The lowest BCUT2D eigenvalue weighted by molar-refractivity contribution is 0.0979. The lowest BCUT2D eigenvalue weighted by atomic mass is 9.83. The molecule has 0 atom stereocenters. The van der Waals surface area contributed by atoms with E-state index < -0.39 is 0 Å². The maximum atomic E-state index is 13.2. The molecule has 0 spiro atoms. The molecule has 5 aromatic rings. The molecule has 220 valence electrons. The van der Waals surface area contributed by atoms with Gasteiger partial charge in [-0.05, 0) is 84.9 Å². The Kier molecular flexibility index (Phi) is 6.51. The Morgan fingerprint density at radius 2 is 1.07 bits per heavy atom. The van der Waals surface area contributed by atoms with Crippen molar-refractivity contribution in [3.05, 3.63) is 147 Å². The minimum Gasteiger partial charge on any atom is -0.399 e. The number of ketones is 4. The van der Waals surface area contributed by atoms with E-state index in [4.69, 9.17) is 16.5 Å². The predicted molar refractivity (Wildman–Crippen MR) is 172 cm³/mol. The number of hydrogen-bond donors (Lipinski definition) is 3. The minimum atomic E-state index is -0.221. The van der Waals surface area contributed by atoms with Crippen molar-refractivity contribution in [2.75, 3.05) is 28.7 Å². The number of carbonyl (C=O) groups excluding carboxylic acids is 4. The third kappa shape index (κ3) is 4.80. The highest BCUT2D eigenvalue weighted by atomic mass is 16.1. The summed E-state index contributed by atoms with van der Waals surface area (Å²) in [7, 11) is 1.90. The highest BCUT2D eigenvalue weighted by Crippen LogP contribution is 2.32. The number of hydrogen-bond acceptors (Lipinski definition) is 9. The summed E-state index contributed by atoms with van der Waals surface area (Å²) in [5, 5.41) is 3.31. The Morgan fingerprint density at radius 3 is 1.67 bits per heavy atom. The van der Waals surface area contributed by atoms with Crippen LogP contribution in [0.3, 0.4) is 0 Å². The summed E-state index contributed by atoms with van der Waals surface area (Å²) in [6.07, 6.45) is 0. The van der Waals surface area contributed by atoms with Crippen LogP contribution >= 0.6 is 0 Å². The Morgan fingerprint density at radius 1 is 0.578 bits per heavy atom. The standard InChI is InChI=1S/C36H27N5O4/c1-41(24-8-12-28-32(16-24)36(45)26-10-6-20(38)14-30(26)34(28)43)18-23-4-2-3-22(40-23)17-39-21-7-11-27-31(15-21)35(44)25-9-5-19(37)13-29(25)33(27)42/h2-16,39H,17-18,37-38H2,1H3. The van der Waals surface area contributed by atoms with Crippen LogP contribution in [-0.2, 0) is 13.1 Å². The molecule has 0 fully saturated rings. The summed E-state index contributed by atoms with van der Waals surface area (Å²) in [5.74, 6) is -0.855. The Bertz CT molecular complexity index is 2120. The quantitative estimate of drug-likeness (QED) is 0.225. The van der Waals surface area contributed by atoms with Gasteiger partial charge in [-0.1, -0.05) is 6.07 Å². The van der Waals surface area contributed by atoms with Gasteiger partial charge in [0, 0.05) is 74.3 Å². The molecule has 7 rings (SSSR count). The van der Waals surface area contributed by atoms with Crippen LogP contribution in [0, 0.1) is 0 Å². The van der Waals surface area contributed by atoms with E-state index in [1.54, 1.807) is 66.7 Å². The number of fused-ring (bicyclic) bond motifs is 4. The van der Waals surface area contributed by atoms with Crippen LogP contribution in [0.1, 0.15) is 75.1 Å². The molecule has 0 unspecified atom stereocenters. The number of benzene rings is 4. The molecule has 2 aliphatic carbocycles. The van der Waals surface area contributed by atoms with Gasteiger partial charge in [0.2, 0.25) is 0 Å². The van der Waals surface area contributed by atoms with Gasteiger partial charge in [-0.3, -0.25) is 24.2 Å². The number of carbonyl (C=O) groups is 4. The van der Waals surface area contributed by atoms with E-state index in [2.05, 4.69) is 5.32 Å². The van der Waals surface area contributed by atoms with E-state index in [-0.39, 0.29) is 23.1 Å². The summed E-state index contributed by atoms with van der Waals surface area (Å²) in [5.41, 5.74) is 18.4. The van der Waals surface area contributed by atoms with Gasteiger partial charge in [-0.15, -0.1) is 0 Å². The van der Waals surface area contributed by atoms with Gasteiger partial charge in [-0.25, -0.2) is 0 Å². The lowest BCUT2D eigenvalue weighted by Crippen LogP contribution is -2.23. The molecule has 0 saturated heterocycles. The van der Waals surface area contributed by atoms with Crippen molar-refractivity contribution in [1.82, 2.24) is 4.98 Å². The SMILES string of the molecule is CN(Cc1cccc(CNc2ccc3c(c2)C(=O)c2ccc(N)cc2C3=O)n1)c1ccc2c(c1)C(=O)c1ccc(N)cc1C2=O. The van der Waals surface area contributed by atoms with Crippen LogP contribution < -0.4 is 21.7 Å². The van der Waals surface area contributed by atoms with Gasteiger partial charge in [0.1, 0.15) is 0 Å². The van der Waals surface area contributed by atoms with Crippen molar-refractivity contribution in [3.8, 4) is 0 Å². The number of anilines is 4. The molecule has 0 aliphatic heterocycles. The molecular weight excluding hydrogens is 566 g/mol. The van der Waals surface area contributed by atoms with Gasteiger partial charge < -0.3 is 21.7 Å². The molecule has 1 aromatic heterocycles. The largest absolute Gasteiger partial charge is 0.399 e. The summed E-state index contributed by atoms with van der Waals surface area (Å²) in [6.45, 7) is 0.853. The van der Waals surface area contributed by atoms with E-state index in [0.29, 0.717) is 74.7 Å². The van der Waals surface area contributed by atoms with E-state index >= 15 is 0 Å². The Balaban J connectivity index is 1.05. The average Bonchev–Trinajstić information content (AvgIpc) is 3.05. The maximum Gasteiger partial charge on any atom is 0.194 e. The zero-order chi connectivity index (χ0) is 31.4. The van der Waals surface area contributed by atoms with Gasteiger partial charge in [0.25, 0.3) is 0 Å². The zero-order valence-corrected chi connectivity index (χ0v) is 24.3. The zero-order valence-electron chi connectivity index (χ0n) is 24.3. The third-order valence-electron chi connectivity index (χ3n) is 8.24.